The summed E-state index contributed by atoms with van der Waals surface area (Å²) in [5.41, 5.74) is 0.984. The molecule has 3 heteroatoms. The van der Waals surface area contributed by atoms with Crippen molar-refractivity contribution in [3.63, 3.8) is 0 Å². The summed E-state index contributed by atoms with van der Waals surface area (Å²) in [6, 6.07) is 10.7. The third-order valence-electron chi connectivity index (χ3n) is 2.92. The molecule has 0 aliphatic heterocycles. The highest BCUT2D eigenvalue weighted by molar-refractivity contribution is 7.99. The Labute approximate surface area is 113 Å². The summed E-state index contributed by atoms with van der Waals surface area (Å²) in [6.07, 6.45) is 1.15. The summed E-state index contributed by atoms with van der Waals surface area (Å²) in [7, 11) is 0. The summed E-state index contributed by atoms with van der Waals surface area (Å²) >= 11 is 1.95. The van der Waals surface area contributed by atoms with Crippen LogP contribution in [0.25, 0.3) is 11.0 Å². The van der Waals surface area contributed by atoms with Crippen LogP contribution in [0.5, 0.6) is 0 Å². The maximum absolute atomic E-state index is 5.95. The first kappa shape index (κ1) is 13.5. The number of hydrogen-bond donors (Lipinski definition) is 1. The lowest BCUT2D eigenvalue weighted by atomic mass is 10.2. The first-order chi connectivity index (χ1) is 8.85. The van der Waals surface area contributed by atoms with Crippen LogP contribution in [0.1, 0.15) is 32.1 Å². The van der Waals surface area contributed by atoms with Gasteiger partial charge in [0.2, 0.25) is 0 Å². The number of nitrogens with one attached hydrogen (secondary N) is 1. The molecular weight excluding hydrogens is 242 g/mol. The largest absolute Gasteiger partial charge is 0.459 e. The zero-order chi connectivity index (χ0) is 12.8. The summed E-state index contributed by atoms with van der Waals surface area (Å²) in [5.74, 6) is 3.27. The number of furan rings is 1. The Hall–Kier alpha value is -0.930. The molecule has 0 bridgehead atoms. The number of fused-ring (bicyclic) bond motifs is 1. The normalized spacial score (nSPS) is 13.0. The number of thioether (sulfide) groups is 1. The summed E-state index contributed by atoms with van der Waals surface area (Å²) in [5, 5.41) is 4.76. The minimum absolute atomic E-state index is 0.322. The number of para-hydroxylation sites is 1. The average Bonchev–Trinajstić information content (AvgIpc) is 2.82. The molecule has 0 aliphatic rings. The van der Waals surface area contributed by atoms with E-state index in [0.717, 1.165) is 35.8 Å². The third-order valence-corrected chi connectivity index (χ3v) is 3.89. The van der Waals surface area contributed by atoms with Crippen molar-refractivity contribution in [2.75, 3.05) is 18.1 Å². The Morgan fingerprint density at radius 2 is 2.11 bits per heavy atom. The maximum Gasteiger partial charge on any atom is 0.134 e. The van der Waals surface area contributed by atoms with E-state index in [1.54, 1.807) is 0 Å². The van der Waals surface area contributed by atoms with Crippen LogP contribution in [0.3, 0.4) is 0 Å². The van der Waals surface area contributed by atoms with Gasteiger partial charge >= 0.3 is 0 Å². The van der Waals surface area contributed by atoms with Gasteiger partial charge in [-0.1, -0.05) is 32.0 Å². The highest BCUT2D eigenvalue weighted by Crippen LogP contribution is 2.26. The Bertz CT molecular complexity index is 439. The number of hydrogen-bond acceptors (Lipinski definition) is 3. The van der Waals surface area contributed by atoms with Crippen molar-refractivity contribution in [2.45, 2.75) is 26.3 Å². The van der Waals surface area contributed by atoms with Crippen molar-refractivity contribution in [3.05, 3.63) is 36.1 Å². The summed E-state index contributed by atoms with van der Waals surface area (Å²) in [4.78, 5) is 0. The Morgan fingerprint density at radius 3 is 2.83 bits per heavy atom. The lowest BCUT2D eigenvalue weighted by Crippen LogP contribution is -2.23. The predicted octanol–water partition coefficient (Wildman–Crippen LogP) is 4.23. The van der Waals surface area contributed by atoms with E-state index in [1.807, 2.05) is 23.9 Å². The second-order valence-electron chi connectivity index (χ2n) is 4.35. The second kappa shape index (κ2) is 6.86. The van der Waals surface area contributed by atoms with Crippen molar-refractivity contribution >= 4 is 22.7 Å². The fourth-order valence-electron chi connectivity index (χ4n) is 1.97. The molecular formula is C15H21NOS. The van der Waals surface area contributed by atoms with E-state index in [4.69, 9.17) is 4.42 Å². The molecule has 0 saturated heterocycles. The van der Waals surface area contributed by atoms with Gasteiger partial charge in [0, 0.05) is 11.1 Å². The minimum atomic E-state index is 0.322. The monoisotopic (exact) mass is 263 g/mol. The van der Waals surface area contributed by atoms with Crippen molar-refractivity contribution in [2.24, 2.45) is 0 Å². The Kier molecular flexibility index (Phi) is 5.14. The molecule has 0 spiro atoms. The number of rotatable bonds is 7. The van der Waals surface area contributed by atoms with E-state index in [-0.39, 0.29) is 0 Å². The SMILES string of the molecule is CCCNC(CSCC)c1cc2ccccc2o1. The van der Waals surface area contributed by atoms with E-state index in [9.17, 15) is 0 Å². The zero-order valence-corrected chi connectivity index (χ0v) is 11.9. The van der Waals surface area contributed by atoms with Crippen molar-refractivity contribution < 1.29 is 4.42 Å². The van der Waals surface area contributed by atoms with Crippen molar-refractivity contribution in [1.29, 1.82) is 0 Å². The molecule has 0 aliphatic carbocycles. The highest BCUT2D eigenvalue weighted by atomic mass is 32.2. The fourth-order valence-corrected chi connectivity index (χ4v) is 2.72. The molecule has 0 fully saturated rings. The van der Waals surface area contributed by atoms with Crippen LogP contribution in [0.4, 0.5) is 0 Å². The van der Waals surface area contributed by atoms with Gasteiger partial charge in [-0.15, -0.1) is 0 Å². The van der Waals surface area contributed by atoms with Gasteiger partial charge in [0.05, 0.1) is 6.04 Å². The Balaban J connectivity index is 2.17. The highest BCUT2D eigenvalue weighted by Gasteiger charge is 2.15. The van der Waals surface area contributed by atoms with Crippen LogP contribution in [-0.2, 0) is 0 Å². The van der Waals surface area contributed by atoms with Crippen LogP contribution in [0.2, 0.25) is 0 Å². The Morgan fingerprint density at radius 1 is 1.28 bits per heavy atom. The molecule has 1 aromatic heterocycles. The van der Waals surface area contributed by atoms with Crippen LogP contribution < -0.4 is 5.32 Å². The van der Waals surface area contributed by atoms with E-state index < -0.39 is 0 Å². The predicted molar refractivity (Wildman–Crippen MR) is 80.2 cm³/mol. The average molecular weight is 263 g/mol. The van der Waals surface area contributed by atoms with Crippen LogP contribution in [-0.4, -0.2) is 18.1 Å². The minimum Gasteiger partial charge on any atom is -0.459 e. The maximum atomic E-state index is 5.95. The zero-order valence-electron chi connectivity index (χ0n) is 11.1. The van der Waals surface area contributed by atoms with Gasteiger partial charge in [0.15, 0.2) is 0 Å². The number of benzene rings is 1. The van der Waals surface area contributed by atoms with E-state index in [2.05, 4.69) is 37.4 Å². The van der Waals surface area contributed by atoms with Crippen LogP contribution in [0, 0.1) is 0 Å². The van der Waals surface area contributed by atoms with E-state index in [0.29, 0.717) is 6.04 Å². The summed E-state index contributed by atoms with van der Waals surface area (Å²) in [6.45, 7) is 5.42. The molecule has 1 aromatic carbocycles. The van der Waals surface area contributed by atoms with Gasteiger partial charge in [0.1, 0.15) is 11.3 Å². The first-order valence-electron chi connectivity index (χ1n) is 6.64. The fraction of sp³-hybridized carbons (Fsp3) is 0.467. The van der Waals surface area contributed by atoms with Crippen molar-refractivity contribution in [1.82, 2.24) is 5.32 Å². The first-order valence-corrected chi connectivity index (χ1v) is 7.80. The lowest BCUT2D eigenvalue weighted by molar-refractivity contribution is 0.456. The molecule has 2 rings (SSSR count). The lowest BCUT2D eigenvalue weighted by Gasteiger charge is -2.15. The molecule has 0 saturated carbocycles. The van der Waals surface area contributed by atoms with Gasteiger partial charge in [-0.2, -0.15) is 11.8 Å². The van der Waals surface area contributed by atoms with Gasteiger partial charge in [-0.3, -0.25) is 0 Å². The summed E-state index contributed by atoms with van der Waals surface area (Å²) < 4.78 is 5.95. The van der Waals surface area contributed by atoms with Gasteiger partial charge < -0.3 is 9.73 Å². The molecule has 98 valence electrons. The molecule has 1 atom stereocenters. The van der Waals surface area contributed by atoms with Crippen LogP contribution in [0.15, 0.2) is 34.7 Å². The molecule has 2 nitrogen and oxygen atoms in total. The van der Waals surface area contributed by atoms with Gasteiger partial charge in [0.25, 0.3) is 0 Å². The van der Waals surface area contributed by atoms with Crippen molar-refractivity contribution in [3.8, 4) is 0 Å². The quantitative estimate of drug-likeness (QED) is 0.809. The molecule has 18 heavy (non-hydrogen) atoms. The molecule has 0 radical (unpaired) electrons. The molecule has 1 heterocycles. The molecule has 0 amide bonds. The molecule has 2 aromatic rings. The van der Waals surface area contributed by atoms with Crippen LogP contribution >= 0.6 is 11.8 Å². The second-order valence-corrected chi connectivity index (χ2v) is 5.67. The standard InChI is InChI=1S/C15H21NOS/c1-3-9-16-13(11-18-4-2)15-10-12-7-5-6-8-14(12)17-15/h5-8,10,13,16H,3-4,9,11H2,1-2H3. The van der Waals surface area contributed by atoms with Gasteiger partial charge in [-0.25, -0.2) is 0 Å². The van der Waals surface area contributed by atoms with Gasteiger partial charge in [-0.05, 0) is 30.9 Å². The topological polar surface area (TPSA) is 25.2 Å². The smallest absolute Gasteiger partial charge is 0.134 e. The molecule has 1 unspecified atom stereocenters. The van der Waals surface area contributed by atoms with E-state index in [1.165, 1.54) is 5.39 Å². The molecule has 1 N–H and O–H groups in total. The third kappa shape index (κ3) is 3.30. The van der Waals surface area contributed by atoms with E-state index >= 15 is 0 Å².